The third-order valence-corrected chi connectivity index (χ3v) is 7.97. The third-order valence-electron chi connectivity index (χ3n) is 6.17. The van der Waals surface area contributed by atoms with E-state index in [0.29, 0.717) is 11.3 Å². The Balaban J connectivity index is 1.32. The van der Waals surface area contributed by atoms with Gasteiger partial charge in [-0.25, -0.2) is 13.8 Å². The highest BCUT2D eigenvalue weighted by molar-refractivity contribution is 7.92. The lowest BCUT2D eigenvalue weighted by molar-refractivity contribution is 0.0954. The van der Waals surface area contributed by atoms with Crippen LogP contribution < -0.4 is 9.73 Å². The number of hydrogen-bond acceptors (Lipinski definition) is 5. The number of amides is 1. The molecule has 1 saturated heterocycles. The molecule has 3 aromatic rings. The van der Waals surface area contributed by atoms with Crippen LogP contribution in [-0.2, 0) is 16.6 Å². The summed E-state index contributed by atoms with van der Waals surface area (Å²) in [4.78, 5) is 15.2. The summed E-state index contributed by atoms with van der Waals surface area (Å²) in [6.07, 6.45) is 1.63. The van der Waals surface area contributed by atoms with Crippen LogP contribution in [0.5, 0.6) is 0 Å². The standard InChI is InChI=1S/C27H30N4O3S/c1-21-8-14-26(15-9-21)35(33,34)30(2)25-12-10-23(11-13-25)27(32)29-28-24-16-18-31(19-17-24)20-22-6-4-3-5-7-22/h3-15H,16-20H2,1-2H3,(H,29,32). The predicted octanol–water partition coefficient (Wildman–Crippen LogP) is 4.20. The predicted molar refractivity (Wildman–Crippen MR) is 139 cm³/mol. The summed E-state index contributed by atoms with van der Waals surface area (Å²) in [5.41, 5.74) is 6.79. The Morgan fingerprint density at radius 3 is 2.20 bits per heavy atom. The van der Waals surface area contributed by atoms with Crippen LogP contribution in [0.25, 0.3) is 0 Å². The van der Waals surface area contributed by atoms with Crippen LogP contribution in [-0.4, -0.2) is 45.1 Å². The van der Waals surface area contributed by atoms with Gasteiger partial charge in [-0.3, -0.25) is 14.0 Å². The summed E-state index contributed by atoms with van der Waals surface area (Å²) in [5, 5.41) is 4.33. The Morgan fingerprint density at radius 2 is 1.57 bits per heavy atom. The van der Waals surface area contributed by atoms with Crippen LogP contribution in [0.1, 0.15) is 34.3 Å². The molecule has 1 aliphatic heterocycles. The van der Waals surface area contributed by atoms with Gasteiger partial charge in [0, 0.05) is 50.8 Å². The van der Waals surface area contributed by atoms with E-state index in [2.05, 4.69) is 39.7 Å². The van der Waals surface area contributed by atoms with Gasteiger partial charge < -0.3 is 0 Å². The number of rotatable bonds is 7. The van der Waals surface area contributed by atoms with E-state index in [1.807, 2.05) is 13.0 Å². The van der Waals surface area contributed by atoms with Gasteiger partial charge >= 0.3 is 0 Å². The highest BCUT2D eigenvalue weighted by Gasteiger charge is 2.21. The quantitative estimate of drug-likeness (QED) is 0.503. The van der Waals surface area contributed by atoms with E-state index in [0.717, 1.165) is 43.8 Å². The molecule has 1 heterocycles. The van der Waals surface area contributed by atoms with E-state index in [-0.39, 0.29) is 10.8 Å². The van der Waals surface area contributed by atoms with E-state index in [1.165, 1.54) is 16.9 Å². The number of aryl methyl sites for hydroxylation is 1. The molecule has 1 fully saturated rings. The maximum atomic E-state index is 12.9. The molecule has 1 N–H and O–H groups in total. The first kappa shape index (κ1) is 24.6. The van der Waals surface area contributed by atoms with Crippen molar-refractivity contribution in [3.63, 3.8) is 0 Å². The molecular weight excluding hydrogens is 460 g/mol. The number of likely N-dealkylation sites (tertiary alicyclic amines) is 1. The van der Waals surface area contributed by atoms with Crippen LogP contribution in [0.4, 0.5) is 5.69 Å². The van der Waals surface area contributed by atoms with Crippen molar-refractivity contribution >= 4 is 27.3 Å². The zero-order valence-corrected chi connectivity index (χ0v) is 20.8. The summed E-state index contributed by atoms with van der Waals surface area (Å²) in [5.74, 6) is -0.320. The highest BCUT2D eigenvalue weighted by Crippen LogP contribution is 2.23. The molecule has 1 amide bonds. The summed E-state index contributed by atoms with van der Waals surface area (Å²) in [6, 6.07) is 23.6. The number of nitrogens with zero attached hydrogens (tertiary/aromatic N) is 3. The minimum Gasteiger partial charge on any atom is -0.298 e. The van der Waals surface area contributed by atoms with Gasteiger partial charge in [-0.2, -0.15) is 5.10 Å². The molecule has 8 heteroatoms. The minimum atomic E-state index is -3.68. The van der Waals surface area contributed by atoms with Gasteiger partial charge in [0.25, 0.3) is 15.9 Å². The zero-order chi connectivity index (χ0) is 24.8. The maximum absolute atomic E-state index is 12.9. The number of carbonyl (C=O) groups excluding carboxylic acids is 1. The summed E-state index contributed by atoms with van der Waals surface area (Å²) in [6.45, 7) is 4.63. The fourth-order valence-electron chi connectivity index (χ4n) is 3.95. The lowest BCUT2D eigenvalue weighted by atomic mass is 10.1. The van der Waals surface area contributed by atoms with Crippen LogP contribution in [0.3, 0.4) is 0 Å². The minimum absolute atomic E-state index is 0.220. The van der Waals surface area contributed by atoms with Crippen molar-refractivity contribution in [2.24, 2.45) is 5.10 Å². The largest absolute Gasteiger partial charge is 0.298 e. The molecule has 0 saturated carbocycles. The van der Waals surface area contributed by atoms with Gasteiger partial charge in [-0.1, -0.05) is 48.0 Å². The van der Waals surface area contributed by atoms with Crippen molar-refractivity contribution in [2.45, 2.75) is 31.2 Å². The van der Waals surface area contributed by atoms with E-state index in [1.54, 1.807) is 48.5 Å². The van der Waals surface area contributed by atoms with E-state index in [9.17, 15) is 13.2 Å². The Labute approximate surface area is 207 Å². The van der Waals surface area contributed by atoms with Crippen LogP contribution >= 0.6 is 0 Å². The fourth-order valence-corrected chi connectivity index (χ4v) is 5.14. The number of nitrogens with one attached hydrogen (secondary N) is 1. The lowest BCUT2D eigenvalue weighted by Gasteiger charge is -2.27. The number of piperidine rings is 1. The number of sulfonamides is 1. The summed E-state index contributed by atoms with van der Waals surface area (Å²) in [7, 11) is -2.18. The van der Waals surface area contributed by atoms with Crippen LogP contribution in [0.2, 0.25) is 0 Å². The van der Waals surface area contributed by atoms with Crippen molar-refractivity contribution in [1.29, 1.82) is 0 Å². The molecule has 35 heavy (non-hydrogen) atoms. The summed E-state index contributed by atoms with van der Waals surface area (Å²) < 4.78 is 27.0. The Bertz CT molecular complexity index is 1280. The molecule has 4 rings (SSSR count). The molecule has 0 spiro atoms. The number of carbonyl (C=O) groups is 1. The number of benzene rings is 3. The molecule has 0 aliphatic carbocycles. The molecule has 0 bridgehead atoms. The van der Waals surface area contributed by atoms with Gasteiger partial charge in [0.1, 0.15) is 0 Å². The fraction of sp³-hybridized carbons (Fsp3) is 0.259. The second-order valence-corrected chi connectivity index (χ2v) is 10.7. The Morgan fingerprint density at radius 1 is 0.943 bits per heavy atom. The number of hydrazone groups is 1. The molecule has 0 unspecified atom stereocenters. The number of hydrogen-bond donors (Lipinski definition) is 1. The van der Waals surface area contributed by atoms with Crippen molar-refractivity contribution in [1.82, 2.24) is 10.3 Å². The zero-order valence-electron chi connectivity index (χ0n) is 20.0. The second kappa shape index (κ2) is 10.8. The Kier molecular flexibility index (Phi) is 7.63. The SMILES string of the molecule is Cc1ccc(S(=O)(=O)N(C)c2ccc(C(=O)NN=C3CCN(Cc4ccccc4)CC3)cc2)cc1. The van der Waals surface area contributed by atoms with Crippen molar-refractivity contribution < 1.29 is 13.2 Å². The molecule has 0 aromatic heterocycles. The van der Waals surface area contributed by atoms with Crippen molar-refractivity contribution in [3.05, 3.63) is 95.6 Å². The van der Waals surface area contributed by atoms with Crippen molar-refractivity contribution in [3.8, 4) is 0 Å². The summed E-state index contributed by atoms with van der Waals surface area (Å²) >= 11 is 0. The lowest BCUT2D eigenvalue weighted by Crippen LogP contribution is -2.34. The first-order valence-corrected chi connectivity index (χ1v) is 13.0. The first-order valence-electron chi connectivity index (χ1n) is 11.6. The molecule has 182 valence electrons. The van der Waals surface area contributed by atoms with E-state index in [4.69, 9.17) is 0 Å². The average Bonchev–Trinajstić information content (AvgIpc) is 2.88. The normalized spacial score (nSPS) is 14.4. The van der Waals surface area contributed by atoms with Gasteiger partial charge in [0.15, 0.2) is 0 Å². The highest BCUT2D eigenvalue weighted by atomic mass is 32.2. The van der Waals surface area contributed by atoms with Gasteiger partial charge in [0.2, 0.25) is 0 Å². The van der Waals surface area contributed by atoms with Crippen LogP contribution in [0.15, 0.2) is 88.9 Å². The smallest absolute Gasteiger partial charge is 0.271 e. The molecular formula is C27H30N4O3S. The van der Waals surface area contributed by atoms with Gasteiger partial charge in [-0.05, 0) is 48.9 Å². The average molecular weight is 491 g/mol. The second-order valence-electron chi connectivity index (χ2n) is 8.71. The van der Waals surface area contributed by atoms with Gasteiger partial charge in [-0.15, -0.1) is 0 Å². The molecule has 0 atom stereocenters. The van der Waals surface area contributed by atoms with Crippen molar-refractivity contribution in [2.75, 3.05) is 24.4 Å². The Hall–Kier alpha value is -3.49. The van der Waals surface area contributed by atoms with Gasteiger partial charge in [0.05, 0.1) is 10.6 Å². The number of anilines is 1. The third kappa shape index (κ3) is 6.15. The van der Waals surface area contributed by atoms with E-state index < -0.39 is 10.0 Å². The maximum Gasteiger partial charge on any atom is 0.271 e. The molecule has 1 aliphatic rings. The topological polar surface area (TPSA) is 82.1 Å². The van der Waals surface area contributed by atoms with E-state index >= 15 is 0 Å². The van der Waals surface area contributed by atoms with Crippen LogP contribution in [0, 0.1) is 6.92 Å². The molecule has 3 aromatic carbocycles. The molecule has 7 nitrogen and oxygen atoms in total. The monoisotopic (exact) mass is 490 g/mol. The molecule has 0 radical (unpaired) electrons. The first-order chi connectivity index (χ1) is 16.8.